The van der Waals surface area contributed by atoms with Gasteiger partial charge in [0, 0.05) is 36.7 Å². The summed E-state index contributed by atoms with van der Waals surface area (Å²) in [5.74, 6) is 0.596. The third-order valence-corrected chi connectivity index (χ3v) is 5.09. The summed E-state index contributed by atoms with van der Waals surface area (Å²) in [6, 6.07) is 14.5. The zero-order chi connectivity index (χ0) is 21.8. The maximum atomic E-state index is 12.8. The van der Waals surface area contributed by atoms with Gasteiger partial charge in [-0.3, -0.25) is 9.59 Å². The Hall–Kier alpha value is -3.94. The molecule has 1 aromatic heterocycles. The largest absolute Gasteiger partial charge is 0.497 e. The Morgan fingerprint density at radius 2 is 1.81 bits per heavy atom. The Kier molecular flexibility index (Phi) is 5.79. The van der Waals surface area contributed by atoms with Crippen LogP contribution >= 0.6 is 0 Å². The lowest BCUT2D eigenvalue weighted by Gasteiger charge is -2.17. The molecule has 1 fully saturated rings. The average Bonchev–Trinajstić information content (AvgIpc) is 3.18. The molecule has 1 atom stereocenters. The van der Waals surface area contributed by atoms with Crippen LogP contribution in [0.5, 0.6) is 17.5 Å². The Labute approximate surface area is 179 Å². The van der Waals surface area contributed by atoms with E-state index >= 15 is 0 Å². The molecule has 3 aromatic rings. The van der Waals surface area contributed by atoms with Gasteiger partial charge in [-0.2, -0.15) is 0 Å². The van der Waals surface area contributed by atoms with Crippen LogP contribution in [0.25, 0.3) is 0 Å². The predicted octanol–water partition coefficient (Wildman–Crippen LogP) is 3.58. The first kappa shape index (κ1) is 20.3. The smallest absolute Gasteiger partial charge is 0.321 e. The number of carbonyl (C=O) groups is 2. The molecule has 0 unspecified atom stereocenters. The van der Waals surface area contributed by atoms with Gasteiger partial charge >= 0.3 is 6.01 Å². The SMILES string of the molecule is COc1ccc(N2C[C@H](C(=O)Nc3ccc(Oc4ncccn4)cc3C)CC2=O)cc1. The molecular weight excluding hydrogens is 396 g/mol. The van der Waals surface area contributed by atoms with Crippen molar-refractivity contribution < 1.29 is 19.1 Å². The molecule has 158 valence electrons. The van der Waals surface area contributed by atoms with Crippen LogP contribution in [0.2, 0.25) is 0 Å². The lowest BCUT2D eigenvalue weighted by molar-refractivity contribution is -0.122. The van der Waals surface area contributed by atoms with Gasteiger partial charge in [-0.05, 0) is 61.0 Å². The van der Waals surface area contributed by atoms with Crippen LogP contribution in [0.1, 0.15) is 12.0 Å². The van der Waals surface area contributed by atoms with Crippen molar-refractivity contribution in [1.29, 1.82) is 0 Å². The van der Waals surface area contributed by atoms with E-state index in [1.807, 2.05) is 19.1 Å². The number of nitrogens with zero attached hydrogens (tertiary/aromatic N) is 3. The molecule has 1 aliphatic heterocycles. The Morgan fingerprint density at radius 3 is 2.48 bits per heavy atom. The van der Waals surface area contributed by atoms with Crippen molar-refractivity contribution in [3.63, 3.8) is 0 Å². The maximum Gasteiger partial charge on any atom is 0.321 e. The number of rotatable bonds is 6. The number of benzene rings is 2. The molecule has 2 heterocycles. The molecule has 2 aromatic carbocycles. The van der Waals surface area contributed by atoms with Gasteiger partial charge in [-0.25, -0.2) is 9.97 Å². The summed E-state index contributed by atoms with van der Waals surface area (Å²) in [6.45, 7) is 2.21. The fourth-order valence-electron chi connectivity index (χ4n) is 3.41. The second kappa shape index (κ2) is 8.83. The van der Waals surface area contributed by atoms with Crippen molar-refractivity contribution in [1.82, 2.24) is 9.97 Å². The molecule has 1 saturated heterocycles. The summed E-state index contributed by atoms with van der Waals surface area (Å²) < 4.78 is 10.8. The molecule has 1 N–H and O–H groups in total. The van der Waals surface area contributed by atoms with Gasteiger partial charge in [-0.1, -0.05) is 0 Å². The first-order valence-corrected chi connectivity index (χ1v) is 9.84. The number of ether oxygens (including phenoxy) is 2. The second-order valence-electron chi connectivity index (χ2n) is 7.20. The molecule has 1 aliphatic rings. The van der Waals surface area contributed by atoms with Crippen molar-refractivity contribution in [3.8, 4) is 17.5 Å². The van der Waals surface area contributed by atoms with E-state index < -0.39 is 5.92 Å². The highest BCUT2D eigenvalue weighted by Gasteiger charge is 2.35. The highest BCUT2D eigenvalue weighted by atomic mass is 16.5. The first-order chi connectivity index (χ1) is 15.0. The highest BCUT2D eigenvalue weighted by Crippen LogP contribution is 2.29. The van der Waals surface area contributed by atoms with Crippen LogP contribution in [0.15, 0.2) is 60.9 Å². The van der Waals surface area contributed by atoms with Crippen molar-refractivity contribution in [2.24, 2.45) is 5.92 Å². The summed E-state index contributed by atoms with van der Waals surface area (Å²) >= 11 is 0. The summed E-state index contributed by atoms with van der Waals surface area (Å²) in [5, 5.41) is 2.93. The van der Waals surface area contributed by atoms with Crippen LogP contribution in [-0.2, 0) is 9.59 Å². The van der Waals surface area contributed by atoms with Gasteiger partial charge in [0.15, 0.2) is 0 Å². The average molecular weight is 418 g/mol. The minimum Gasteiger partial charge on any atom is -0.497 e. The maximum absolute atomic E-state index is 12.8. The van der Waals surface area contributed by atoms with E-state index in [0.29, 0.717) is 23.7 Å². The van der Waals surface area contributed by atoms with E-state index in [1.54, 1.807) is 60.8 Å². The predicted molar refractivity (Wildman–Crippen MR) is 115 cm³/mol. The van der Waals surface area contributed by atoms with E-state index in [9.17, 15) is 9.59 Å². The van der Waals surface area contributed by atoms with E-state index in [2.05, 4.69) is 15.3 Å². The molecular formula is C23H22N4O4. The quantitative estimate of drug-likeness (QED) is 0.658. The third-order valence-electron chi connectivity index (χ3n) is 5.09. The number of hydrogen-bond donors (Lipinski definition) is 1. The molecule has 8 nitrogen and oxygen atoms in total. The Morgan fingerprint density at radius 1 is 1.10 bits per heavy atom. The number of hydrogen-bond acceptors (Lipinski definition) is 6. The van der Waals surface area contributed by atoms with E-state index in [-0.39, 0.29) is 24.2 Å². The third kappa shape index (κ3) is 4.63. The van der Waals surface area contributed by atoms with Crippen LogP contribution in [0.3, 0.4) is 0 Å². The van der Waals surface area contributed by atoms with Gasteiger partial charge in [0.25, 0.3) is 0 Å². The number of aryl methyl sites for hydroxylation is 1. The molecule has 2 amide bonds. The van der Waals surface area contributed by atoms with Crippen LogP contribution < -0.4 is 19.7 Å². The first-order valence-electron chi connectivity index (χ1n) is 9.84. The molecule has 0 bridgehead atoms. The van der Waals surface area contributed by atoms with E-state index in [4.69, 9.17) is 9.47 Å². The van der Waals surface area contributed by atoms with Crippen molar-refractivity contribution >= 4 is 23.2 Å². The van der Waals surface area contributed by atoms with Crippen molar-refractivity contribution in [2.75, 3.05) is 23.9 Å². The van der Waals surface area contributed by atoms with Gasteiger partial charge in [-0.15, -0.1) is 0 Å². The minimum atomic E-state index is -0.428. The van der Waals surface area contributed by atoms with E-state index in [0.717, 1.165) is 11.3 Å². The van der Waals surface area contributed by atoms with Crippen molar-refractivity contribution in [3.05, 3.63) is 66.5 Å². The number of carbonyl (C=O) groups excluding carboxylic acids is 2. The molecule has 31 heavy (non-hydrogen) atoms. The monoisotopic (exact) mass is 418 g/mol. The number of amides is 2. The number of anilines is 2. The fourth-order valence-corrected chi connectivity index (χ4v) is 3.41. The van der Waals surface area contributed by atoms with Crippen LogP contribution in [0, 0.1) is 12.8 Å². The normalized spacial score (nSPS) is 15.6. The topological polar surface area (TPSA) is 93.7 Å². The summed E-state index contributed by atoms with van der Waals surface area (Å²) in [4.78, 5) is 35.0. The number of aromatic nitrogens is 2. The molecule has 8 heteroatoms. The molecule has 0 spiro atoms. The minimum absolute atomic E-state index is 0.0753. The zero-order valence-corrected chi connectivity index (χ0v) is 17.2. The lowest BCUT2D eigenvalue weighted by atomic mass is 10.1. The van der Waals surface area contributed by atoms with Gasteiger partial charge in [0.1, 0.15) is 11.5 Å². The summed E-state index contributed by atoms with van der Waals surface area (Å²) in [7, 11) is 1.59. The van der Waals surface area contributed by atoms with Crippen LogP contribution in [0.4, 0.5) is 11.4 Å². The fraction of sp³-hybridized carbons (Fsp3) is 0.217. The van der Waals surface area contributed by atoms with Gasteiger partial charge in [0.05, 0.1) is 13.0 Å². The molecule has 0 radical (unpaired) electrons. The van der Waals surface area contributed by atoms with Crippen molar-refractivity contribution in [2.45, 2.75) is 13.3 Å². The summed E-state index contributed by atoms with van der Waals surface area (Å²) in [5.41, 5.74) is 2.25. The Bertz CT molecular complexity index is 1090. The molecule has 4 rings (SSSR count). The van der Waals surface area contributed by atoms with E-state index in [1.165, 1.54) is 0 Å². The highest BCUT2D eigenvalue weighted by molar-refractivity contribution is 6.03. The second-order valence-corrected chi connectivity index (χ2v) is 7.20. The zero-order valence-electron chi connectivity index (χ0n) is 17.2. The molecule has 0 saturated carbocycles. The molecule has 0 aliphatic carbocycles. The van der Waals surface area contributed by atoms with Gasteiger partial charge < -0.3 is 19.7 Å². The summed E-state index contributed by atoms with van der Waals surface area (Å²) in [6.07, 6.45) is 3.37. The Balaban J connectivity index is 1.40. The number of nitrogens with one attached hydrogen (secondary N) is 1. The lowest BCUT2D eigenvalue weighted by Crippen LogP contribution is -2.28. The number of methoxy groups -OCH3 is 1. The van der Waals surface area contributed by atoms with Gasteiger partial charge in [0.2, 0.25) is 11.8 Å². The standard InChI is InChI=1S/C23H22N4O4/c1-15-12-19(31-23-24-10-3-11-25-23)8-9-20(15)26-22(29)16-13-21(28)27(14-16)17-4-6-18(30-2)7-5-17/h3-12,16H,13-14H2,1-2H3,(H,26,29)/t16-/m1/s1. The van der Waals surface area contributed by atoms with Crippen LogP contribution in [-0.4, -0.2) is 35.4 Å².